The topological polar surface area (TPSA) is 65.2 Å². The van der Waals surface area contributed by atoms with Crippen molar-refractivity contribution in [3.8, 4) is 0 Å². The molecule has 0 aliphatic rings. The number of carbonyl (C=O) groups excluding carboxylic acids is 1. The molecule has 0 spiro atoms. The van der Waals surface area contributed by atoms with Crippen LogP contribution in [0.15, 0.2) is 5.70 Å². The highest BCUT2D eigenvalue weighted by Gasteiger charge is 2.21. The average Bonchev–Trinajstić information content (AvgIpc) is 2.32. The van der Waals surface area contributed by atoms with E-state index in [1.165, 1.54) is 7.11 Å². The van der Waals surface area contributed by atoms with Gasteiger partial charge in [0.25, 0.3) is 0 Å². The van der Waals surface area contributed by atoms with Gasteiger partial charge < -0.3 is 10.5 Å². The predicted molar refractivity (Wildman–Crippen MR) is 77.3 cm³/mol. The number of nitrogens with zero attached hydrogens (tertiary/aromatic N) is 1. The lowest BCUT2D eigenvalue weighted by atomic mass is 10.1. The predicted octanol–water partition coefficient (Wildman–Crippen LogP) is 3.13. The van der Waals surface area contributed by atoms with Crippen LogP contribution in [-0.4, -0.2) is 26.1 Å². The summed E-state index contributed by atoms with van der Waals surface area (Å²) in [5.41, 5.74) is 7.52. The third-order valence-corrected chi connectivity index (χ3v) is 3.72. The van der Waals surface area contributed by atoms with Crippen LogP contribution in [0.2, 0.25) is 24.8 Å². The second-order valence-corrected chi connectivity index (χ2v) is 10.5. The molecular formula is C12H16ClFN2O2Si. The van der Waals surface area contributed by atoms with Gasteiger partial charge in [-0.15, -0.1) is 0 Å². The van der Waals surface area contributed by atoms with Crippen LogP contribution in [0.25, 0.3) is 6.08 Å². The molecule has 104 valence electrons. The van der Waals surface area contributed by atoms with Crippen molar-refractivity contribution < 1.29 is 13.9 Å². The maximum Gasteiger partial charge on any atom is 0.357 e. The minimum absolute atomic E-state index is 0.0825. The van der Waals surface area contributed by atoms with Crippen LogP contribution in [0.4, 0.5) is 10.1 Å². The van der Waals surface area contributed by atoms with E-state index in [9.17, 15) is 9.18 Å². The van der Waals surface area contributed by atoms with Crippen molar-refractivity contribution in [3.63, 3.8) is 0 Å². The minimum Gasteiger partial charge on any atom is -0.464 e. The highest BCUT2D eigenvalue weighted by Crippen LogP contribution is 2.27. The van der Waals surface area contributed by atoms with E-state index in [0.717, 1.165) is 0 Å². The van der Waals surface area contributed by atoms with Crippen molar-refractivity contribution in [1.29, 1.82) is 0 Å². The molecule has 1 rings (SSSR count). The zero-order chi connectivity index (χ0) is 14.8. The zero-order valence-corrected chi connectivity index (χ0v) is 13.0. The molecule has 0 saturated heterocycles. The third-order valence-electron chi connectivity index (χ3n) is 2.30. The number of halogens is 2. The number of nitrogens with two attached hydrogens (primary N) is 1. The summed E-state index contributed by atoms with van der Waals surface area (Å²) in [6.07, 6.45) is 1.61. The molecule has 0 unspecified atom stereocenters. The van der Waals surface area contributed by atoms with E-state index in [1.54, 1.807) is 6.08 Å². The molecule has 0 saturated carbocycles. The first kappa shape index (κ1) is 15.7. The van der Waals surface area contributed by atoms with Crippen LogP contribution >= 0.6 is 11.6 Å². The molecule has 0 atom stereocenters. The fourth-order valence-corrected chi connectivity index (χ4v) is 2.17. The summed E-state index contributed by atoms with van der Waals surface area (Å²) in [5, 5.41) is -0.442. The van der Waals surface area contributed by atoms with Crippen molar-refractivity contribution in [2.24, 2.45) is 0 Å². The fourth-order valence-electron chi connectivity index (χ4n) is 1.32. The van der Waals surface area contributed by atoms with Crippen LogP contribution in [-0.2, 0) is 4.74 Å². The molecule has 7 heteroatoms. The van der Waals surface area contributed by atoms with Crippen molar-refractivity contribution in [1.82, 2.24) is 4.98 Å². The van der Waals surface area contributed by atoms with E-state index in [4.69, 9.17) is 17.3 Å². The van der Waals surface area contributed by atoms with Gasteiger partial charge in [0.1, 0.15) is 0 Å². The molecule has 0 radical (unpaired) electrons. The van der Waals surface area contributed by atoms with Gasteiger partial charge in [0.15, 0.2) is 16.7 Å². The summed E-state index contributed by atoms with van der Waals surface area (Å²) in [4.78, 5) is 15.3. The van der Waals surface area contributed by atoms with Gasteiger partial charge in [-0.05, 0) is 0 Å². The standard InChI is InChI=1S/C12H16ClFN2O2Si/c1-18-12(17)10-7(5-6-19(2,3)4)9(15)8(14)11(13)16-10/h5-6H,1-4H3,(H2,15,16). The van der Waals surface area contributed by atoms with Crippen LogP contribution in [0.3, 0.4) is 0 Å². The zero-order valence-electron chi connectivity index (χ0n) is 11.3. The summed E-state index contributed by atoms with van der Waals surface area (Å²) in [5.74, 6) is -1.53. The van der Waals surface area contributed by atoms with Crippen LogP contribution < -0.4 is 5.73 Å². The number of carbonyl (C=O) groups is 1. The fraction of sp³-hybridized carbons (Fsp3) is 0.333. The lowest BCUT2D eigenvalue weighted by Crippen LogP contribution is -2.16. The molecule has 0 bridgehead atoms. The quantitative estimate of drug-likeness (QED) is 0.529. The summed E-state index contributed by atoms with van der Waals surface area (Å²) < 4.78 is 18.3. The number of anilines is 1. The Balaban J connectivity index is 3.47. The van der Waals surface area contributed by atoms with Gasteiger partial charge in [0.2, 0.25) is 0 Å². The number of methoxy groups -OCH3 is 1. The van der Waals surface area contributed by atoms with Gasteiger partial charge in [-0.2, -0.15) is 0 Å². The number of pyridine rings is 1. The number of ether oxygens (including phenoxy) is 1. The molecular weight excluding hydrogens is 287 g/mol. The lowest BCUT2D eigenvalue weighted by Gasteiger charge is -2.12. The summed E-state index contributed by atoms with van der Waals surface area (Å²) in [6.45, 7) is 6.28. The molecule has 0 aliphatic carbocycles. The second kappa shape index (κ2) is 5.71. The number of nitrogen functional groups attached to an aromatic ring is 1. The van der Waals surface area contributed by atoms with E-state index in [1.807, 2.05) is 5.70 Å². The van der Waals surface area contributed by atoms with Gasteiger partial charge in [0, 0.05) is 5.56 Å². The molecule has 0 aliphatic heterocycles. The SMILES string of the molecule is COC(=O)c1nc(Cl)c(F)c(N)c1C=C[Si](C)(C)C. The molecule has 1 aromatic heterocycles. The highest BCUT2D eigenvalue weighted by molar-refractivity contribution is 6.81. The highest BCUT2D eigenvalue weighted by atomic mass is 35.5. The van der Waals surface area contributed by atoms with E-state index < -0.39 is 25.0 Å². The smallest absolute Gasteiger partial charge is 0.357 e. The number of esters is 1. The Hall–Kier alpha value is -1.40. The van der Waals surface area contributed by atoms with Gasteiger partial charge in [-0.1, -0.05) is 43.0 Å². The molecule has 0 amide bonds. The Morgan fingerprint density at radius 1 is 1.47 bits per heavy atom. The van der Waals surface area contributed by atoms with Crippen LogP contribution in [0.1, 0.15) is 16.1 Å². The van der Waals surface area contributed by atoms with E-state index in [-0.39, 0.29) is 16.9 Å². The minimum atomic E-state index is -1.53. The molecule has 0 aromatic carbocycles. The van der Waals surface area contributed by atoms with Crippen LogP contribution in [0, 0.1) is 5.82 Å². The number of hydrogen-bond donors (Lipinski definition) is 1. The molecule has 1 aromatic rings. The third kappa shape index (κ3) is 3.78. The number of rotatable bonds is 3. The van der Waals surface area contributed by atoms with Gasteiger partial charge in [-0.3, -0.25) is 0 Å². The molecule has 19 heavy (non-hydrogen) atoms. The molecule has 0 fully saturated rings. The Morgan fingerprint density at radius 3 is 2.53 bits per heavy atom. The first-order valence-corrected chi connectivity index (χ1v) is 9.55. The van der Waals surface area contributed by atoms with Gasteiger partial charge in [-0.25, -0.2) is 14.2 Å². The van der Waals surface area contributed by atoms with E-state index in [0.29, 0.717) is 0 Å². The summed E-state index contributed by atoms with van der Waals surface area (Å²) in [7, 11) is -0.321. The molecule has 1 heterocycles. The van der Waals surface area contributed by atoms with Gasteiger partial charge in [0.05, 0.1) is 20.9 Å². The van der Waals surface area contributed by atoms with Crippen molar-refractivity contribution in [2.75, 3.05) is 12.8 Å². The van der Waals surface area contributed by atoms with E-state index >= 15 is 0 Å². The normalized spacial score (nSPS) is 11.9. The second-order valence-electron chi connectivity index (χ2n) is 5.08. The maximum atomic E-state index is 13.7. The summed E-state index contributed by atoms with van der Waals surface area (Å²) in [6, 6.07) is 0. The van der Waals surface area contributed by atoms with Gasteiger partial charge >= 0.3 is 5.97 Å². The van der Waals surface area contributed by atoms with Crippen molar-refractivity contribution in [3.05, 3.63) is 27.9 Å². The largest absolute Gasteiger partial charge is 0.464 e. The lowest BCUT2D eigenvalue weighted by molar-refractivity contribution is 0.0593. The van der Waals surface area contributed by atoms with Crippen molar-refractivity contribution in [2.45, 2.75) is 19.6 Å². The number of aromatic nitrogens is 1. The first-order valence-electron chi connectivity index (χ1n) is 5.59. The Bertz CT molecular complexity index is 542. The molecule has 2 N–H and O–H groups in total. The molecule has 4 nitrogen and oxygen atoms in total. The Morgan fingerprint density at radius 2 is 2.05 bits per heavy atom. The van der Waals surface area contributed by atoms with E-state index in [2.05, 4.69) is 29.4 Å². The van der Waals surface area contributed by atoms with Crippen LogP contribution in [0.5, 0.6) is 0 Å². The Kier molecular flexibility index (Phi) is 4.70. The first-order chi connectivity index (χ1) is 8.67. The maximum absolute atomic E-state index is 13.7. The summed E-state index contributed by atoms with van der Waals surface area (Å²) >= 11 is 5.59. The van der Waals surface area contributed by atoms with Crippen molar-refractivity contribution >= 4 is 37.4 Å². The number of hydrogen-bond acceptors (Lipinski definition) is 4. The monoisotopic (exact) mass is 302 g/mol. The average molecular weight is 303 g/mol. The Labute approximate surface area is 117 Å².